The van der Waals surface area contributed by atoms with Crippen molar-refractivity contribution in [3.05, 3.63) is 88.1 Å². The number of nitrogens with one attached hydrogen (secondary N) is 1. The van der Waals surface area contributed by atoms with Crippen molar-refractivity contribution in [2.45, 2.75) is 12.6 Å². The number of carbonyl (C=O) groups excluding carboxylic acids is 1. The standard InChI is InChI=1S/C22H24N2O2S/c1-24(15-20-9-6-14-27-20)16-21(25)23-22(17-7-4-3-5-8-17)18-10-12-19(26-2)13-11-18/h3-14,22H,15-16H2,1-2H3,(H,23,25)/t22-/m1/s1. The number of nitrogens with zero attached hydrogens (tertiary/aromatic N) is 1. The number of rotatable bonds is 8. The third kappa shape index (κ3) is 5.42. The lowest BCUT2D eigenvalue weighted by Crippen LogP contribution is -2.37. The molecule has 0 fully saturated rings. The van der Waals surface area contributed by atoms with Crippen LogP contribution in [-0.2, 0) is 11.3 Å². The van der Waals surface area contributed by atoms with Crippen LogP contribution in [0, 0.1) is 0 Å². The number of methoxy groups -OCH3 is 1. The molecule has 1 aromatic heterocycles. The molecule has 0 saturated heterocycles. The predicted octanol–water partition coefficient (Wildman–Crippen LogP) is 4.09. The molecular weight excluding hydrogens is 356 g/mol. The maximum Gasteiger partial charge on any atom is 0.234 e. The molecule has 0 aliphatic rings. The quantitative estimate of drug-likeness (QED) is 0.640. The summed E-state index contributed by atoms with van der Waals surface area (Å²) in [5.74, 6) is 0.797. The summed E-state index contributed by atoms with van der Waals surface area (Å²) in [6.45, 7) is 1.11. The average Bonchev–Trinajstić information content (AvgIpc) is 3.19. The number of likely N-dealkylation sites (N-methyl/N-ethyl adjacent to an activating group) is 1. The van der Waals surface area contributed by atoms with E-state index in [0.29, 0.717) is 6.54 Å². The minimum atomic E-state index is -0.195. The second kappa shape index (κ2) is 9.35. The topological polar surface area (TPSA) is 41.6 Å². The van der Waals surface area contributed by atoms with Crippen molar-refractivity contribution in [3.63, 3.8) is 0 Å². The molecule has 3 aromatic rings. The number of benzene rings is 2. The van der Waals surface area contributed by atoms with Gasteiger partial charge in [-0.3, -0.25) is 9.69 Å². The van der Waals surface area contributed by atoms with Gasteiger partial charge in [-0.25, -0.2) is 0 Å². The highest BCUT2D eigenvalue weighted by molar-refractivity contribution is 7.09. The summed E-state index contributed by atoms with van der Waals surface area (Å²) in [7, 11) is 3.61. The molecule has 1 atom stereocenters. The van der Waals surface area contributed by atoms with Gasteiger partial charge in [-0.15, -0.1) is 11.3 Å². The first-order valence-corrected chi connectivity index (χ1v) is 9.73. The zero-order valence-electron chi connectivity index (χ0n) is 15.6. The van der Waals surface area contributed by atoms with Crippen LogP contribution in [0.5, 0.6) is 5.75 Å². The van der Waals surface area contributed by atoms with E-state index in [4.69, 9.17) is 4.74 Å². The van der Waals surface area contributed by atoms with Crippen LogP contribution in [0.25, 0.3) is 0 Å². The van der Waals surface area contributed by atoms with E-state index in [2.05, 4.69) is 16.8 Å². The number of ether oxygens (including phenoxy) is 1. The number of hydrogen-bond donors (Lipinski definition) is 1. The molecule has 0 radical (unpaired) electrons. The lowest BCUT2D eigenvalue weighted by Gasteiger charge is -2.22. The van der Waals surface area contributed by atoms with Crippen molar-refractivity contribution >= 4 is 17.2 Å². The van der Waals surface area contributed by atoms with E-state index in [1.54, 1.807) is 18.4 Å². The number of hydrogen-bond acceptors (Lipinski definition) is 4. The van der Waals surface area contributed by atoms with E-state index in [-0.39, 0.29) is 11.9 Å². The van der Waals surface area contributed by atoms with E-state index in [0.717, 1.165) is 23.4 Å². The molecule has 0 unspecified atom stereocenters. The summed E-state index contributed by atoms with van der Waals surface area (Å²) in [6.07, 6.45) is 0. The van der Waals surface area contributed by atoms with Crippen molar-refractivity contribution in [2.75, 3.05) is 20.7 Å². The minimum absolute atomic E-state index is 0.00118. The van der Waals surface area contributed by atoms with E-state index in [1.165, 1.54) is 4.88 Å². The Labute approximate surface area is 164 Å². The van der Waals surface area contributed by atoms with Crippen LogP contribution in [0.4, 0.5) is 0 Å². The van der Waals surface area contributed by atoms with Crippen molar-refractivity contribution < 1.29 is 9.53 Å². The van der Waals surface area contributed by atoms with Gasteiger partial charge in [-0.1, -0.05) is 48.5 Å². The molecule has 0 aliphatic carbocycles. The van der Waals surface area contributed by atoms with E-state index in [1.807, 2.05) is 72.6 Å². The summed E-state index contributed by atoms with van der Waals surface area (Å²) in [5, 5.41) is 5.23. The Kier molecular flexibility index (Phi) is 6.63. The number of thiophene rings is 1. The molecule has 1 N–H and O–H groups in total. The lowest BCUT2D eigenvalue weighted by molar-refractivity contribution is -0.122. The first kappa shape index (κ1) is 19.1. The largest absolute Gasteiger partial charge is 0.497 e. The fourth-order valence-electron chi connectivity index (χ4n) is 2.98. The van der Waals surface area contributed by atoms with E-state index in [9.17, 15) is 4.79 Å². The summed E-state index contributed by atoms with van der Waals surface area (Å²) in [5.41, 5.74) is 2.08. The second-order valence-electron chi connectivity index (χ2n) is 6.44. The molecule has 1 heterocycles. The molecule has 1 amide bonds. The van der Waals surface area contributed by atoms with Gasteiger partial charge in [0.2, 0.25) is 5.91 Å². The summed E-state index contributed by atoms with van der Waals surface area (Å²) in [6, 6.07) is 21.8. The van der Waals surface area contributed by atoms with Gasteiger partial charge in [-0.2, -0.15) is 0 Å². The highest BCUT2D eigenvalue weighted by Crippen LogP contribution is 2.24. The summed E-state index contributed by atoms with van der Waals surface area (Å²) >= 11 is 1.70. The Morgan fingerprint density at radius 2 is 1.74 bits per heavy atom. The van der Waals surface area contributed by atoms with Gasteiger partial charge in [0.15, 0.2) is 0 Å². The first-order chi connectivity index (χ1) is 13.2. The Bertz CT molecular complexity index is 833. The Balaban J connectivity index is 1.71. The predicted molar refractivity (Wildman–Crippen MR) is 110 cm³/mol. The highest BCUT2D eigenvalue weighted by Gasteiger charge is 2.18. The molecule has 0 bridgehead atoms. The normalized spacial score (nSPS) is 12.0. The van der Waals surface area contributed by atoms with Crippen molar-refractivity contribution in [3.8, 4) is 5.75 Å². The van der Waals surface area contributed by atoms with Gasteiger partial charge in [0.25, 0.3) is 0 Å². The van der Waals surface area contributed by atoms with Crippen LogP contribution in [0.2, 0.25) is 0 Å². The summed E-state index contributed by atoms with van der Waals surface area (Å²) < 4.78 is 5.25. The Morgan fingerprint density at radius 3 is 2.37 bits per heavy atom. The van der Waals surface area contributed by atoms with Crippen LogP contribution < -0.4 is 10.1 Å². The van der Waals surface area contributed by atoms with Crippen LogP contribution in [0.3, 0.4) is 0 Å². The lowest BCUT2D eigenvalue weighted by atomic mass is 9.98. The molecule has 2 aromatic carbocycles. The van der Waals surface area contributed by atoms with Crippen LogP contribution >= 0.6 is 11.3 Å². The van der Waals surface area contributed by atoms with Crippen molar-refractivity contribution in [1.82, 2.24) is 10.2 Å². The second-order valence-corrected chi connectivity index (χ2v) is 7.47. The summed E-state index contributed by atoms with van der Waals surface area (Å²) in [4.78, 5) is 16.0. The highest BCUT2D eigenvalue weighted by atomic mass is 32.1. The van der Waals surface area contributed by atoms with E-state index >= 15 is 0 Å². The van der Waals surface area contributed by atoms with Gasteiger partial charge in [0.05, 0.1) is 19.7 Å². The third-order valence-corrected chi connectivity index (χ3v) is 5.17. The molecule has 27 heavy (non-hydrogen) atoms. The fourth-order valence-corrected chi connectivity index (χ4v) is 3.76. The van der Waals surface area contributed by atoms with Gasteiger partial charge in [0.1, 0.15) is 5.75 Å². The SMILES string of the molecule is COc1ccc([C@H](NC(=O)CN(C)Cc2cccs2)c2ccccc2)cc1. The van der Waals surface area contributed by atoms with Crippen LogP contribution in [0.1, 0.15) is 22.0 Å². The Morgan fingerprint density at radius 1 is 1.04 bits per heavy atom. The average molecular weight is 381 g/mol. The third-order valence-electron chi connectivity index (χ3n) is 4.31. The molecule has 5 heteroatoms. The Hall–Kier alpha value is -2.63. The van der Waals surface area contributed by atoms with Gasteiger partial charge < -0.3 is 10.1 Å². The monoisotopic (exact) mass is 380 g/mol. The molecule has 0 saturated carbocycles. The zero-order chi connectivity index (χ0) is 19.1. The number of carbonyl (C=O) groups is 1. The molecule has 0 spiro atoms. The van der Waals surface area contributed by atoms with Crippen LogP contribution in [-0.4, -0.2) is 31.5 Å². The maximum absolute atomic E-state index is 12.7. The van der Waals surface area contributed by atoms with Gasteiger partial charge in [0, 0.05) is 11.4 Å². The molecule has 3 rings (SSSR count). The van der Waals surface area contributed by atoms with E-state index < -0.39 is 0 Å². The fraction of sp³-hybridized carbons (Fsp3) is 0.227. The zero-order valence-corrected chi connectivity index (χ0v) is 16.4. The van der Waals surface area contributed by atoms with Gasteiger partial charge in [-0.05, 0) is 41.8 Å². The first-order valence-electron chi connectivity index (χ1n) is 8.85. The molecular formula is C22H24N2O2S. The smallest absolute Gasteiger partial charge is 0.234 e. The number of amides is 1. The molecule has 4 nitrogen and oxygen atoms in total. The van der Waals surface area contributed by atoms with Gasteiger partial charge >= 0.3 is 0 Å². The van der Waals surface area contributed by atoms with Crippen molar-refractivity contribution in [1.29, 1.82) is 0 Å². The minimum Gasteiger partial charge on any atom is -0.497 e. The van der Waals surface area contributed by atoms with Crippen molar-refractivity contribution in [2.24, 2.45) is 0 Å². The molecule has 140 valence electrons. The van der Waals surface area contributed by atoms with Crippen LogP contribution in [0.15, 0.2) is 72.1 Å². The maximum atomic E-state index is 12.7. The molecule has 0 aliphatic heterocycles.